The molecule has 0 heterocycles. The van der Waals surface area contributed by atoms with Crippen molar-refractivity contribution in [1.29, 1.82) is 0 Å². The van der Waals surface area contributed by atoms with Crippen LogP contribution >= 0.6 is 0 Å². The first-order valence-corrected chi connectivity index (χ1v) is 2.91. The molecule has 0 aromatic rings. The molecule has 0 bridgehead atoms. The zero-order valence-corrected chi connectivity index (χ0v) is 6.32. The minimum Gasteiger partial charge on any atom is -0.280 e. The average molecular weight is 146 g/mol. The van der Waals surface area contributed by atoms with Crippen molar-refractivity contribution in [3.63, 3.8) is 0 Å². The van der Waals surface area contributed by atoms with Crippen LogP contribution in [0.1, 0.15) is 0 Å². The first kappa shape index (κ1) is 9.35. The van der Waals surface area contributed by atoms with Gasteiger partial charge in [-0.1, -0.05) is 0 Å². The van der Waals surface area contributed by atoms with Crippen molar-refractivity contribution < 1.29 is 9.90 Å². The predicted octanol–water partition coefficient (Wildman–Crippen LogP) is -1.74. The summed E-state index contributed by atoms with van der Waals surface area (Å²) in [4.78, 5) is 10.4. The highest BCUT2D eigenvalue weighted by Gasteiger charge is 2.34. The molecule has 10 heavy (non-hydrogen) atoms. The number of nitrogens with one attached hydrogen (secondary N) is 3. The number of rotatable bonds is 4. The van der Waals surface area contributed by atoms with E-state index in [0.29, 0.717) is 0 Å². The molecule has 3 N–H and O–H groups in total. The molecular formula is C5H12N3O2. The van der Waals surface area contributed by atoms with E-state index in [1.165, 1.54) is 21.1 Å². The van der Waals surface area contributed by atoms with Gasteiger partial charge in [0.05, 0.1) is 0 Å². The molecule has 0 aliphatic heterocycles. The number of hydrogen-bond donors (Lipinski definition) is 3. The molecule has 0 fully saturated rings. The van der Waals surface area contributed by atoms with Crippen LogP contribution in [0.3, 0.4) is 0 Å². The van der Waals surface area contributed by atoms with Crippen LogP contribution < -0.4 is 16.0 Å². The van der Waals surface area contributed by atoms with Crippen LogP contribution in [0.5, 0.6) is 0 Å². The molecule has 0 spiro atoms. The molecule has 59 valence electrons. The molecule has 1 radical (unpaired) electrons. The number of carbonyl (C=O) groups is 1. The molecule has 0 saturated carbocycles. The third-order valence-corrected chi connectivity index (χ3v) is 1.43. The molecule has 5 nitrogen and oxygen atoms in total. The molecule has 0 unspecified atom stereocenters. The lowest BCUT2D eigenvalue weighted by Crippen LogP contribution is -2.68. The Morgan fingerprint density at radius 3 is 1.40 bits per heavy atom. The number of likely N-dealkylation sites (N-methyl/N-ethyl adjacent to an activating group) is 3. The normalized spacial score (nSPS) is 11.5. The van der Waals surface area contributed by atoms with Gasteiger partial charge in [0.1, 0.15) is 0 Å². The predicted molar refractivity (Wildman–Crippen MR) is 35.6 cm³/mol. The number of carbonyl (C=O) groups excluding carboxylic acids is 1. The first-order chi connectivity index (χ1) is 4.63. The van der Waals surface area contributed by atoms with Crippen LogP contribution in [-0.4, -0.2) is 32.9 Å². The Hall–Kier alpha value is -0.650. The quantitative estimate of drug-likeness (QED) is 0.411. The van der Waals surface area contributed by atoms with E-state index >= 15 is 0 Å². The Bertz CT molecular complexity index is 114. The van der Waals surface area contributed by atoms with Gasteiger partial charge in [-0.25, -0.2) is 9.90 Å². The van der Waals surface area contributed by atoms with Crippen LogP contribution in [-0.2, 0) is 9.90 Å². The van der Waals surface area contributed by atoms with E-state index in [4.69, 9.17) is 0 Å². The maximum Gasteiger partial charge on any atom is 0.405 e. The number of hydrogen-bond acceptors (Lipinski definition) is 4. The fourth-order valence-electron chi connectivity index (χ4n) is 0.681. The van der Waals surface area contributed by atoms with Crippen LogP contribution in [0.2, 0.25) is 0 Å². The standard InChI is InChI=1S/C5H12N3O2/c1-6-5(7-2,8-3)4(9)10/h6-8H,1-3H3. The third kappa shape index (κ3) is 1.44. The summed E-state index contributed by atoms with van der Waals surface area (Å²) in [6.07, 6.45) is 0. The van der Waals surface area contributed by atoms with Gasteiger partial charge < -0.3 is 0 Å². The van der Waals surface area contributed by atoms with Gasteiger partial charge in [-0.2, -0.15) is 0 Å². The van der Waals surface area contributed by atoms with Gasteiger partial charge in [-0.15, -0.1) is 0 Å². The van der Waals surface area contributed by atoms with Crippen molar-refractivity contribution >= 4 is 5.97 Å². The topological polar surface area (TPSA) is 73.1 Å². The Morgan fingerprint density at radius 2 is 1.40 bits per heavy atom. The summed E-state index contributed by atoms with van der Waals surface area (Å²) in [6.45, 7) is 0. The zero-order chi connectivity index (χ0) is 8.20. The SMILES string of the molecule is CNC(NC)(NC)C([O])=O. The summed E-state index contributed by atoms with van der Waals surface area (Å²) in [5.74, 6) is -2.56. The van der Waals surface area contributed by atoms with Gasteiger partial charge in [0.15, 0.2) is 0 Å². The van der Waals surface area contributed by atoms with Gasteiger partial charge in [0.25, 0.3) is 0 Å². The summed E-state index contributed by atoms with van der Waals surface area (Å²) >= 11 is 0. The van der Waals surface area contributed by atoms with Crippen LogP contribution in [0.25, 0.3) is 0 Å². The first-order valence-electron chi connectivity index (χ1n) is 2.91. The largest absolute Gasteiger partial charge is 0.405 e. The van der Waals surface area contributed by atoms with Crippen molar-refractivity contribution in [3.05, 3.63) is 0 Å². The third-order valence-electron chi connectivity index (χ3n) is 1.43. The minimum atomic E-state index is -1.32. The fraction of sp³-hybridized carbons (Fsp3) is 0.800. The second-order valence-corrected chi connectivity index (χ2v) is 1.79. The molecule has 0 amide bonds. The lowest BCUT2D eigenvalue weighted by Gasteiger charge is -2.25. The van der Waals surface area contributed by atoms with Gasteiger partial charge >= 0.3 is 5.97 Å². The second-order valence-electron chi connectivity index (χ2n) is 1.79. The van der Waals surface area contributed by atoms with Crippen LogP contribution in [0.15, 0.2) is 0 Å². The van der Waals surface area contributed by atoms with Gasteiger partial charge in [0.2, 0.25) is 5.79 Å². The molecule has 0 aliphatic rings. The highest BCUT2D eigenvalue weighted by atomic mass is 16.4. The lowest BCUT2D eigenvalue weighted by molar-refractivity contribution is -0.154. The van der Waals surface area contributed by atoms with Crippen LogP contribution in [0, 0.1) is 0 Å². The zero-order valence-electron chi connectivity index (χ0n) is 6.32. The van der Waals surface area contributed by atoms with E-state index in [9.17, 15) is 9.90 Å². The van der Waals surface area contributed by atoms with Crippen molar-refractivity contribution in [3.8, 4) is 0 Å². The Labute approximate surface area is 59.8 Å². The highest BCUT2D eigenvalue weighted by molar-refractivity contribution is 5.77. The summed E-state index contributed by atoms with van der Waals surface area (Å²) in [5.41, 5.74) is 0. The summed E-state index contributed by atoms with van der Waals surface area (Å²) in [5, 5.41) is 18.0. The summed E-state index contributed by atoms with van der Waals surface area (Å²) < 4.78 is 0. The van der Waals surface area contributed by atoms with Gasteiger partial charge in [0, 0.05) is 0 Å². The van der Waals surface area contributed by atoms with E-state index in [-0.39, 0.29) is 0 Å². The maximum atomic E-state index is 10.4. The molecular weight excluding hydrogens is 134 g/mol. The van der Waals surface area contributed by atoms with Crippen molar-refractivity contribution in [2.75, 3.05) is 21.1 Å². The van der Waals surface area contributed by atoms with Crippen molar-refractivity contribution in [2.24, 2.45) is 0 Å². The van der Waals surface area contributed by atoms with E-state index in [2.05, 4.69) is 16.0 Å². The monoisotopic (exact) mass is 146 g/mol. The van der Waals surface area contributed by atoms with E-state index < -0.39 is 11.8 Å². The Morgan fingerprint density at radius 1 is 1.10 bits per heavy atom. The van der Waals surface area contributed by atoms with E-state index in [0.717, 1.165) is 0 Å². The highest BCUT2D eigenvalue weighted by Crippen LogP contribution is 1.90. The maximum absolute atomic E-state index is 10.4. The second kappa shape index (κ2) is 3.50. The average Bonchev–Trinajstić information content (AvgIpc) is 1.92. The van der Waals surface area contributed by atoms with Crippen molar-refractivity contribution in [2.45, 2.75) is 5.79 Å². The van der Waals surface area contributed by atoms with Gasteiger partial charge in [-0.3, -0.25) is 16.0 Å². The summed E-state index contributed by atoms with van der Waals surface area (Å²) in [7, 11) is 4.55. The summed E-state index contributed by atoms with van der Waals surface area (Å²) in [6, 6.07) is 0. The van der Waals surface area contributed by atoms with Gasteiger partial charge in [-0.05, 0) is 21.1 Å². The molecule has 0 aromatic heterocycles. The Kier molecular flexibility index (Phi) is 3.27. The smallest absolute Gasteiger partial charge is 0.280 e. The van der Waals surface area contributed by atoms with E-state index in [1.54, 1.807) is 0 Å². The fourth-order valence-corrected chi connectivity index (χ4v) is 0.681. The molecule has 5 heteroatoms. The van der Waals surface area contributed by atoms with Crippen molar-refractivity contribution in [1.82, 2.24) is 16.0 Å². The Balaban J connectivity index is 4.31. The lowest BCUT2D eigenvalue weighted by atomic mass is 10.3. The minimum absolute atomic E-state index is 1.24. The molecule has 0 rings (SSSR count). The van der Waals surface area contributed by atoms with Crippen LogP contribution in [0.4, 0.5) is 0 Å². The molecule has 0 atom stereocenters. The molecule has 0 aromatic carbocycles. The molecule has 0 aliphatic carbocycles. The van der Waals surface area contributed by atoms with E-state index in [1.807, 2.05) is 0 Å². The molecule has 0 saturated heterocycles.